The molecule has 0 aliphatic heterocycles. The van der Waals surface area contributed by atoms with Crippen LogP contribution in [0.1, 0.15) is 10.6 Å². The third-order valence-corrected chi connectivity index (χ3v) is 3.86. The van der Waals surface area contributed by atoms with Gasteiger partial charge in [-0.25, -0.2) is 9.37 Å². The summed E-state index contributed by atoms with van der Waals surface area (Å²) in [5, 5.41) is 0.849. The zero-order valence-electron chi connectivity index (χ0n) is 10.4. The van der Waals surface area contributed by atoms with Crippen molar-refractivity contribution < 1.29 is 9.13 Å². The van der Waals surface area contributed by atoms with Crippen molar-refractivity contribution in [3.05, 3.63) is 58.9 Å². The van der Waals surface area contributed by atoms with E-state index in [-0.39, 0.29) is 11.6 Å². The van der Waals surface area contributed by atoms with Gasteiger partial charge in [-0.2, -0.15) is 0 Å². The molecule has 96 valence electrons. The van der Waals surface area contributed by atoms with Crippen molar-refractivity contribution in [2.45, 2.75) is 13.5 Å². The molecule has 0 aliphatic rings. The number of aromatic nitrogens is 1. The van der Waals surface area contributed by atoms with Gasteiger partial charge in [0.25, 0.3) is 0 Å². The fourth-order valence-corrected chi connectivity index (χ4v) is 2.73. The Labute approximate surface area is 114 Å². The zero-order valence-corrected chi connectivity index (χ0v) is 11.2. The molecule has 0 aliphatic carbocycles. The summed E-state index contributed by atoms with van der Waals surface area (Å²) in [4.78, 5) is 4.45. The standard InChI is InChI=1S/C15H12FNOS/c1-10-5-4-7-12(15(10)16)18-9-14-17-11-6-2-3-8-13(11)19-14/h2-8H,9H2,1H3. The lowest BCUT2D eigenvalue weighted by Gasteiger charge is -2.06. The van der Waals surface area contributed by atoms with E-state index in [1.807, 2.05) is 24.3 Å². The Morgan fingerprint density at radius 2 is 2.00 bits per heavy atom. The molecule has 0 N–H and O–H groups in total. The molecule has 0 unspecified atom stereocenters. The Morgan fingerprint density at radius 3 is 2.84 bits per heavy atom. The Hall–Kier alpha value is -1.94. The van der Waals surface area contributed by atoms with Crippen molar-refractivity contribution in [3.63, 3.8) is 0 Å². The number of halogens is 1. The molecule has 0 atom stereocenters. The smallest absolute Gasteiger partial charge is 0.167 e. The van der Waals surface area contributed by atoms with Crippen molar-refractivity contribution in [1.82, 2.24) is 4.98 Å². The van der Waals surface area contributed by atoms with E-state index < -0.39 is 0 Å². The van der Waals surface area contributed by atoms with Gasteiger partial charge in [0.1, 0.15) is 11.6 Å². The molecule has 2 nitrogen and oxygen atoms in total. The van der Waals surface area contributed by atoms with Gasteiger partial charge >= 0.3 is 0 Å². The van der Waals surface area contributed by atoms with Gasteiger partial charge in [-0.05, 0) is 30.7 Å². The fraction of sp³-hybridized carbons (Fsp3) is 0.133. The Morgan fingerprint density at radius 1 is 1.16 bits per heavy atom. The number of thiazole rings is 1. The van der Waals surface area contributed by atoms with Crippen LogP contribution < -0.4 is 4.74 Å². The molecule has 4 heteroatoms. The number of rotatable bonds is 3. The molecule has 0 fully saturated rings. The van der Waals surface area contributed by atoms with Crippen LogP contribution in [0.5, 0.6) is 5.75 Å². The van der Waals surface area contributed by atoms with Gasteiger partial charge in [0.15, 0.2) is 11.6 Å². The lowest BCUT2D eigenvalue weighted by atomic mass is 10.2. The average Bonchev–Trinajstić information content (AvgIpc) is 2.83. The van der Waals surface area contributed by atoms with E-state index in [9.17, 15) is 4.39 Å². The molecule has 1 heterocycles. The third-order valence-electron chi connectivity index (χ3n) is 2.85. The van der Waals surface area contributed by atoms with E-state index >= 15 is 0 Å². The van der Waals surface area contributed by atoms with Crippen LogP contribution in [0.4, 0.5) is 4.39 Å². The molecule has 0 saturated heterocycles. The normalized spacial score (nSPS) is 10.8. The predicted molar refractivity (Wildman–Crippen MR) is 75.1 cm³/mol. The fourth-order valence-electron chi connectivity index (χ4n) is 1.85. The van der Waals surface area contributed by atoms with Crippen LogP contribution in [0.3, 0.4) is 0 Å². The van der Waals surface area contributed by atoms with Crippen molar-refractivity contribution in [2.24, 2.45) is 0 Å². The van der Waals surface area contributed by atoms with Crippen LogP contribution in [0.25, 0.3) is 10.2 Å². The van der Waals surface area contributed by atoms with Gasteiger partial charge in [-0.15, -0.1) is 11.3 Å². The quantitative estimate of drug-likeness (QED) is 0.709. The van der Waals surface area contributed by atoms with Crippen molar-refractivity contribution >= 4 is 21.6 Å². The molecule has 0 amide bonds. The molecule has 3 rings (SSSR count). The molecule has 0 spiro atoms. The van der Waals surface area contributed by atoms with Crippen LogP contribution in [0.2, 0.25) is 0 Å². The predicted octanol–water partition coefficient (Wildman–Crippen LogP) is 4.32. The van der Waals surface area contributed by atoms with Gasteiger partial charge < -0.3 is 4.74 Å². The summed E-state index contributed by atoms with van der Waals surface area (Å²) in [5.74, 6) is -0.0251. The first kappa shape index (κ1) is 12.1. The maximum Gasteiger partial charge on any atom is 0.167 e. The summed E-state index contributed by atoms with van der Waals surface area (Å²) in [6, 6.07) is 13.0. The van der Waals surface area contributed by atoms with Gasteiger partial charge in [-0.3, -0.25) is 0 Å². The highest BCUT2D eigenvalue weighted by atomic mass is 32.1. The SMILES string of the molecule is Cc1cccc(OCc2nc3ccccc3s2)c1F. The van der Waals surface area contributed by atoms with Crippen molar-refractivity contribution in [1.29, 1.82) is 0 Å². The second kappa shape index (κ2) is 4.97. The minimum atomic E-state index is -0.302. The summed E-state index contributed by atoms with van der Waals surface area (Å²) in [7, 11) is 0. The second-order valence-electron chi connectivity index (χ2n) is 4.25. The Kier molecular flexibility index (Phi) is 3.17. The molecule has 1 aromatic heterocycles. The number of hydrogen-bond donors (Lipinski definition) is 0. The molecule has 0 radical (unpaired) electrons. The van der Waals surface area contributed by atoms with E-state index in [0.717, 1.165) is 15.2 Å². The number of para-hydroxylation sites is 1. The van der Waals surface area contributed by atoms with E-state index in [1.54, 1.807) is 36.5 Å². The summed E-state index contributed by atoms with van der Waals surface area (Å²) in [5.41, 5.74) is 1.54. The number of benzene rings is 2. The first-order valence-electron chi connectivity index (χ1n) is 5.96. The highest BCUT2D eigenvalue weighted by Crippen LogP contribution is 2.24. The maximum atomic E-state index is 13.8. The molecule has 19 heavy (non-hydrogen) atoms. The Balaban J connectivity index is 1.80. The van der Waals surface area contributed by atoms with Crippen LogP contribution in [-0.4, -0.2) is 4.98 Å². The average molecular weight is 273 g/mol. The van der Waals surface area contributed by atoms with Gasteiger partial charge in [0.2, 0.25) is 0 Å². The van der Waals surface area contributed by atoms with E-state index in [0.29, 0.717) is 12.2 Å². The monoisotopic (exact) mass is 273 g/mol. The third kappa shape index (κ3) is 2.44. The highest BCUT2D eigenvalue weighted by Gasteiger charge is 2.08. The number of nitrogens with zero attached hydrogens (tertiary/aromatic N) is 1. The number of aryl methyl sites for hydroxylation is 1. The Bertz CT molecular complexity index is 690. The van der Waals surface area contributed by atoms with Crippen LogP contribution in [0.15, 0.2) is 42.5 Å². The molecule has 2 aromatic carbocycles. The summed E-state index contributed by atoms with van der Waals surface area (Å²) in [6.45, 7) is 2.01. The van der Waals surface area contributed by atoms with Crippen LogP contribution >= 0.6 is 11.3 Å². The minimum absolute atomic E-state index is 0.277. The lowest BCUT2D eigenvalue weighted by Crippen LogP contribution is -1.97. The van der Waals surface area contributed by atoms with Crippen LogP contribution in [0, 0.1) is 12.7 Å². The summed E-state index contributed by atoms with van der Waals surface area (Å²) < 4.78 is 20.4. The van der Waals surface area contributed by atoms with Gasteiger partial charge in [-0.1, -0.05) is 24.3 Å². The zero-order chi connectivity index (χ0) is 13.2. The van der Waals surface area contributed by atoms with Gasteiger partial charge in [0, 0.05) is 0 Å². The maximum absolute atomic E-state index is 13.8. The second-order valence-corrected chi connectivity index (χ2v) is 5.37. The molecule has 3 aromatic rings. The van der Waals surface area contributed by atoms with Crippen molar-refractivity contribution in [2.75, 3.05) is 0 Å². The largest absolute Gasteiger partial charge is 0.483 e. The number of ether oxygens (including phenoxy) is 1. The summed E-state index contributed by atoms with van der Waals surface area (Å²) in [6.07, 6.45) is 0. The minimum Gasteiger partial charge on any atom is -0.483 e. The van der Waals surface area contributed by atoms with Gasteiger partial charge in [0.05, 0.1) is 10.2 Å². The molecular weight excluding hydrogens is 261 g/mol. The number of fused-ring (bicyclic) bond motifs is 1. The number of hydrogen-bond acceptors (Lipinski definition) is 3. The highest BCUT2D eigenvalue weighted by molar-refractivity contribution is 7.18. The first-order valence-corrected chi connectivity index (χ1v) is 6.78. The van der Waals surface area contributed by atoms with E-state index in [4.69, 9.17) is 4.74 Å². The first-order chi connectivity index (χ1) is 9.24. The van der Waals surface area contributed by atoms with Crippen LogP contribution in [-0.2, 0) is 6.61 Å². The lowest BCUT2D eigenvalue weighted by molar-refractivity contribution is 0.289. The van der Waals surface area contributed by atoms with E-state index in [1.165, 1.54) is 0 Å². The molecule has 0 saturated carbocycles. The topological polar surface area (TPSA) is 22.1 Å². The van der Waals surface area contributed by atoms with E-state index in [2.05, 4.69) is 4.98 Å². The molecular formula is C15H12FNOS. The molecule has 0 bridgehead atoms. The summed E-state index contributed by atoms with van der Waals surface area (Å²) >= 11 is 1.57. The van der Waals surface area contributed by atoms with Crippen molar-refractivity contribution in [3.8, 4) is 5.75 Å².